The van der Waals surface area contributed by atoms with Crippen molar-refractivity contribution >= 4 is 44.1 Å². The molecule has 76 valence electrons. The van der Waals surface area contributed by atoms with Gasteiger partial charge in [0.2, 0.25) is 0 Å². The maximum atomic E-state index is 11.3. The van der Waals surface area contributed by atoms with E-state index in [0.29, 0.717) is 0 Å². The Labute approximate surface area is 88.7 Å². The number of hydrogen-bond acceptors (Lipinski definition) is 5. The molecule has 1 heterocycles. The third-order valence-corrected chi connectivity index (χ3v) is 4.07. The van der Waals surface area contributed by atoms with Crippen LogP contribution in [0.3, 0.4) is 0 Å². The van der Waals surface area contributed by atoms with Crippen molar-refractivity contribution in [2.45, 2.75) is 4.21 Å². The van der Waals surface area contributed by atoms with Crippen LogP contribution in [0.25, 0.3) is 0 Å². The lowest BCUT2D eigenvalue weighted by Crippen LogP contribution is -2.33. The average molecular weight is 254 g/mol. The number of carbonyl (C=O) groups is 2. The van der Waals surface area contributed by atoms with Crippen molar-refractivity contribution in [3.8, 4) is 0 Å². The Morgan fingerprint density at radius 2 is 2.07 bits per heavy atom. The third kappa shape index (κ3) is 2.53. The highest BCUT2D eigenvalue weighted by atomic mass is 35.5. The molecule has 0 aliphatic carbocycles. The van der Waals surface area contributed by atoms with Crippen LogP contribution in [0, 0.1) is 0 Å². The Balaban J connectivity index is 2.90. The molecule has 1 amide bonds. The number of amides is 1. The molecule has 0 spiro atoms. The molecular formula is C6H4ClNO4S2. The molecule has 0 atom stereocenters. The first-order valence-electron chi connectivity index (χ1n) is 3.23. The van der Waals surface area contributed by atoms with Gasteiger partial charge in [-0.15, -0.1) is 11.3 Å². The van der Waals surface area contributed by atoms with Gasteiger partial charge in [-0.2, -0.15) is 0 Å². The van der Waals surface area contributed by atoms with E-state index in [1.807, 2.05) is 0 Å². The summed E-state index contributed by atoms with van der Waals surface area (Å²) in [6.45, 7) is 0. The topological polar surface area (TPSA) is 80.3 Å². The van der Waals surface area contributed by atoms with Gasteiger partial charge in [-0.3, -0.25) is 9.59 Å². The highest BCUT2D eigenvalue weighted by molar-refractivity contribution is 7.92. The van der Waals surface area contributed by atoms with E-state index in [4.69, 9.17) is 11.6 Å². The fourth-order valence-corrected chi connectivity index (χ4v) is 2.67. The molecule has 0 aromatic carbocycles. The molecule has 0 radical (unpaired) electrons. The maximum absolute atomic E-state index is 11.3. The molecule has 0 aliphatic rings. The summed E-state index contributed by atoms with van der Waals surface area (Å²) in [5, 5.41) is 0.159. The first-order valence-corrected chi connectivity index (χ1v) is 5.97. The third-order valence-electron chi connectivity index (χ3n) is 1.17. The Bertz CT molecular complexity index is 450. The summed E-state index contributed by atoms with van der Waals surface area (Å²) in [7, 11) is -3.95. The van der Waals surface area contributed by atoms with Crippen molar-refractivity contribution in [3.63, 3.8) is 0 Å². The highest BCUT2D eigenvalue weighted by Crippen LogP contribution is 2.14. The predicted octanol–water partition coefficient (Wildman–Crippen LogP) is 0.318. The van der Waals surface area contributed by atoms with Gasteiger partial charge < -0.3 is 0 Å². The van der Waals surface area contributed by atoms with Gasteiger partial charge >= 0.3 is 11.1 Å². The van der Waals surface area contributed by atoms with Crippen LogP contribution in [0.5, 0.6) is 0 Å². The fraction of sp³-hybridized carbons (Fsp3) is 0. The lowest BCUT2D eigenvalue weighted by molar-refractivity contribution is -0.132. The van der Waals surface area contributed by atoms with Gasteiger partial charge in [-0.25, -0.2) is 13.1 Å². The standard InChI is InChI=1S/C6H4ClNO4S2/c7-5(9)6(10)8-14(11,12)4-2-1-3-13-4/h1-3H,(H,8,10). The molecule has 0 saturated heterocycles. The molecule has 1 rings (SSSR count). The summed E-state index contributed by atoms with van der Waals surface area (Å²) >= 11 is 5.71. The summed E-state index contributed by atoms with van der Waals surface area (Å²) in [6.07, 6.45) is 0. The van der Waals surface area contributed by atoms with Gasteiger partial charge in [-0.1, -0.05) is 6.07 Å². The summed E-state index contributed by atoms with van der Waals surface area (Å²) in [5.74, 6) is -1.36. The van der Waals surface area contributed by atoms with Crippen LogP contribution in [0.4, 0.5) is 0 Å². The molecule has 0 saturated carbocycles. The molecule has 8 heteroatoms. The minimum absolute atomic E-state index is 0.0521. The zero-order valence-electron chi connectivity index (χ0n) is 6.56. The smallest absolute Gasteiger partial charge is 0.270 e. The van der Waals surface area contributed by atoms with E-state index in [1.54, 1.807) is 0 Å². The zero-order valence-corrected chi connectivity index (χ0v) is 8.95. The van der Waals surface area contributed by atoms with E-state index in [-0.39, 0.29) is 4.21 Å². The molecule has 0 aliphatic heterocycles. The van der Waals surface area contributed by atoms with E-state index in [2.05, 4.69) is 0 Å². The van der Waals surface area contributed by atoms with Crippen molar-refractivity contribution in [2.24, 2.45) is 0 Å². The molecule has 1 aromatic heterocycles. The van der Waals surface area contributed by atoms with Crippen molar-refractivity contribution < 1.29 is 18.0 Å². The number of halogens is 1. The minimum Gasteiger partial charge on any atom is -0.270 e. The van der Waals surface area contributed by atoms with E-state index < -0.39 is 21.2 Å². The highest BCUT2D eigenvalue weighted by Gasteiger charge is 2.21. The minimum atomic E-state index is -3.95. The summed E-state index contributed by atoms with van der Waals surface area (Å²) < 4.78 is 24.0. The molecular weight excluding hydrogens is 250 g/mol. The van der Waals surface area contributed by atoms with E-state index in [0.717, 1.165) is 11.3 Å². The van der Waals surface area contributed by atoms with Gasteiger partial charge in [0.15, 0.2) is 0 Å². The molecule has 14 heavy (non-hydrogen) atoms. The van der Waals surface area contributed by atoms with Crippen LogP contribution in [-0.2, 0) is 19.6 Å². The first-order chi connectivity index (χ1) is 6.43. The van der Waals surface area contributed by atoms with Crippen LogP contribution in [-0.4, -0.2) is 19.6 Å². The van der Waals surface area contributed by atoms with Gasteiger partial charge in [0, 0.05) is 0 Å². The molecule has 1 aromatic rings. The monoisotopic (exact) mass is 253 g/mol. The lowest BCUT2D eigenvalue weighted by atomic mass is 10.7. The van der Waals surface area contributed by atoms with Crippen LogP contribution >= 0.6 is 22.9 Å². The van der Waals surface area contributed by atoms with Crippen molar-refractivity contribution in [1.29, 1.82) is 0 Å². The normalized spacial score (nSPS) is 10.9. The molecule has 1 N–H and O–H groups in total. The molecule has 0 bridgehead atoms. The van der Waals surface area contributed by atoms with Crippen LogP contribution in [0.15, 0.2) is 21.7 Å². The Morgan fingerprint density at radius 3 is 2.50 bits per heavy atom. The Kier molecular flexibility index (Phi) is 3.25. The number of thiophene rings is 1. The largest absolute Gasteiger partial charge is 0.317 e. The fourth-order valence-electron chi connectivity index (χ4n) is 0.629. The number of sulfonamides is 1. The van der Waals surface area contributed by atoms with Gasteiger partial charge in [-0.05, 0) is 23.0 Å². The van der Waals surface area contributed by atoms with Crippen molar-refractivity contribution in [1.82, 2.24) is 4.72 Å². The zero-order chi connectivity index (χ0) is 10.8. The van der Waals surface area contributed by atoms with Gasteiger partial charge in [0.25, 0.3) is 10.0 Å². The van der Waals surface area contributed by atoms with Gasteiger partial charge in [0.1, 0.15) is 4.21 Å². The SMILES string of the molecule is O=C(Cl)C(=O)NS(=O)(=O)c1cccs1. The Hall–Kier alpha value is -0.920. The summed E-state index contributed by atoms with van der Waals surface area (Å²) in [6, 6.07) is 2.81. The molecule has 0 unspecified atom stereocenters. The number of carbonyl (C=O) groups excluding carboxylic acids is 2. The van der Waals surface area contributed by atoms with Crippen LogP contribution in [0.2, 0.25) is 0 Å². The predicted molar refractivity (Wildman–Crippen MR) is 50.5 cm³/mol. The Morgan fingerprint density at radius 1 is 1.43 bits per heavy atom. The maximum Gasteiger partial charge on any atom is 0.317 e. The van der Waals surface area contributed by atoms with Crippen LogP contribution < -0.4 is 4.72 Å². The lowest BCUT2D eigenvalue weighted by Gasteiger charge is -2.00. The van der Waals surface area contributed by atoms with E-state index in [1.165, 1.54) is 22.2 Å². The quantitative estimate of drug-likeness (QED) is 0.621. The van der Waals surface area contributed by atoms with Crippen molar-refractivity contribution in [2.75, 3.05) is 0 Å². The van der Waals surface area contributed by atoms with Crippen LogP contribution in [0.1, 0.15) is 0 Å². The first kappa shape index (κ1) is 11.2. The molecule has 0 fully saturated rings. The second-order valence-electron chi connectivity index (χ2n) is 2.14. The van der Waals surface area contributed by atoms with E-state index in [9.17, 15) is 18.0 Å². The average Bonchev–Trinajstić information content (AvgIpc) is 2.54. The van der Waals surface area contributed by atoms with E-state index >= 15 is 0 Å². The second-order valence-corrected chi connectivity index (χ2v) is 5.34. The second kappa shape index (κ2) is 4.07. The van der Waals surface area contributed by atoms with Crippen molar-refractivity contribution in [3.05, 3.63) is 17.5 Å². The number of hydrogen-bond donors (Lipinski definition) is 1. The number of rotatable bonds is 3. The summed E-state index contributed by atoms with van der Waals surface area (Å²) in [5.41, 5.74) is 0. The molecule has 5 nitrogen and oxygen atoms in total. The van der Waals surface area contributed by atoms with Gasteiger partial charge in [0.05, 0.1) is 0 Å². The number of nitrogens with one attached hydrogen (secondary N) is 1. The summed E-state index contributed by atoms with van der Waals surface area (Å²) in [4.78, 5) is 21.0.